The fourth-order valence-corrected chi connectivity index (χ4v) is 2.97. The highest BCUT2D eigenvalue weighted by molar-refractivity contribution is 7.11. The molecule has 0 fully saturated rings. The lowest BCUT2D eigenvalue weighted by molar-refractivity contribution is 0.332. The molecule has 0 aliphatic heterocycles. The third-order valence-electron chi connectivity index (χ3n) is 3.00. The van der Waals surface area contributed by atoms with Crippen molar-refractivity contribution in [2.75, 3.05) is 18.5 Å². The van der Waals surface area contributed by atoms with Crippen LogP contribution >= 0.6 is 11.3 Å². The van der Waals surface area contributed by atoms with Crippen LogP contribution in [0.2, 0.25) is 0 Å². The maximum atomic E-state index is 5.66. The molecule has 0 unspecified atom stereocenters. The second-order valence-corrected chi connectivity index (χ2v) is 5.91. The number of benzene rings is 1. The molecule has 0 saturated heterocycles. The lowest BCUT2D eigenvalue weighted by Gasteiger charge is -2.14. The Morgan fingerprint density at radius 1 is 1.14 bits per heavy atom. The molecule has 0 saturated carbocycles. The zero-order valence-corrected chi connectivity index (χ0v) is 13.8. The van der Waals surface area contributed by atoms with E-state index in [4.69, 9.17) is 9.47 Å². The standard InChI is InChI=1S/C16H22N2O2S/c1-5-19-13-7-8-15(20-6-2)14(9-13)17-10-16-11(3)18-12(4)21-16/h7-9,17H,5-6,10H2,1-4H3. The van der Waals surface area contributed by atoms with Crippen molar-refractivity contribution in [2.24, 2.45) is 0 Å². The van der Waals surface area contributed by atoms with Crippen molar-refractivity contribution in [3.8, 4) is 11.5 Å². The first kappa shape index (κ1) is 15.6. The molecule has 1 N–H and O–H groups in total. The highest BCUT2D eigenvalue weighted by Gasteiger charge is 2.08. The van der Waals surface area contributed by atoms with E-state index in [1.165, 1.54) is 4.88 Å². The van der Waals surface area contributed by atoms with Gasteiger partial charge in [-0.25, -0.2) is 4.98 Å². The van der Waals surface area contributed by atoms with Gasteiger partial charge in [0.25, 0.3) is 0 Å². The van der Waals surface area contributed by atoms with Gasteiger partial charge in [0.05, 0.1) is 36.1 Å². The number of rotatable bonds is 7. The largest absolute Gasteiger partial charge is 0.494 e. The van der Waals surface area contributed by atoms with Gasteiger partial charge >= 0.3 is 0 Å². The third kappa shape index (κ3) is 4.11. The molecule has 0 amide bonds. The summed E-state index contributed by atoms with van der Waals surface area (Å²) < 4.78 is 11.2. The molecular formula is C16H22N2O2S. The molecule has 114 valence electrons. The Kier molecular flexibility index (Phi) is 5.44. The van der Waals surface area contributed by atoms with Crippen LogP contribution in [0.25, 0.3) is 0 Å². The quantitative estimate of drug-likeness (QED) is 0.834. The Bertz CT molecular complexity index is 596. The molecule has 1 aromatic heterocycles. The SMILES string of the molecule is CCOc1ccc(OCC)c(NCc2sc(C)nc2C)c1. The first-order chi connectivity index (χ1) is 10.1. The van der Waals surface area contributed by atoms with Gasteiger partial charge in [-0.3, -0.25) is 0 Å². The van der Waals surface area contributed by atoms with E-state index < -0.39 is 0 Å². The summed E-state index contributed by atoms with van der Waals surface area (Å²) in [7, 11) is 0. The topological polar surface area (TPSA) is 43.4 Å². The van der Waals surface area contributed by atoms with E-state index in [-0.39, 0.29) is 0 Å². The number of nitrogens with zero attached hydrogens (tertiary/aromatic N) is 1. The van der Waals surface area contributed by atoms with Crippen LogP contribution in [0.15, 0.2) is 18.2 Å². The summed E-state index contributed by atoms with van der Waals surface area (Å²) in [5.74, 6) is 1.69. The van der Waals surface area contributed by atoms with Gasteiger partial charge in [-0.1, -0.05) is 0 Å². The maximum absolute atomic E-state index is 5.66. The zero-order valence-electron chi connectivity index (χ0n) is 13.0. The molecule has 0 aliphatic carbocycles. The minimum absolute atomic E-state index is 0.640. The predicted octanol–water partition coefficient (Wildman–Crippen LogP) is 4.17. The summed E-state index contributed by atoms with van der Waals surface area (Å²) >= 11 is 1.72. The molecule has 2 rings (SSSR count). The van der Waals surface area contributed by atoms with Gasteiger partial charge in [0.1, 0.15) is 11.5 Å². The molecule has 0 aliphatic rings. The molecule has 4 nitrogen and oxygen atoms in total. The molecule has 5 heteroatoms. The van der Waals surface area contributed by atoms with Crippen LogP contribution in [0, 0.1) is 13.8 Å². The van der Waals surface area contributed by atoms with Gasteiger partial charge in [0.15, 0.2) is 0 Å². The second-order valence-electron chi connectivity index (χ2n) is 4.62. The van der Waals surface area contributed by atoms with Gasteiger partial charge in [-0.15, -0.1) is 11.3 Å². The highest BCUT2D eigenvalue weighted by Crippen LogP contribution is 2.30. The molecule has 2 aromatic rings. The van der Waals surface area contributed by atoms with Gasteiger partial charge in [0.2, 0.25) is 0 Å². The third-order valence-corrected chi connectivity index (χ3v) is 4.07. The smallest absolute Gasteiger partial charge is 0.142 e. The van der Waals surface area contributed by atoms with E-state index in [1.807, 2.05) is 45.9 Å². The molecule has 0 atom stereocenters. The average Bonchev–Trinajstić information content (AvgIpc) is 2.77. The number of aryl methyl sites for hydroxylation is 2. The fraction of sp³-hybridized carbons (Fsp3) is 0.438. The molecule has 1 heterocycles. The zero-order chi connectivity index (χ0) is 15.2. The Hall–Kier alpha value is -1.75. The van der Waals surface area contributed by atoms with Crippen molar-refractivity contribution in [3.05, 3.63) is 33.8 Å². The van der Waals surface area contributed by atoms with Crippen LogP contribution in [0.3, 0.4) is 0 Å². The monoisotopic (exact) mass is 306 g/mol. The first-order valence-corrected chi connectivity index (χ1v) is 8.02. The number of aromatic nitrogens is 1. The predicted molar refractivity (Wildman–Crippen MR) is 87.7 cm³/mol. The summed E-state index contributed by atoms with van der Waals surface area (Å²) in [5, 5.41) is 4.53. The second kappa shape index (κ2) is 7.31. The van der Waals surface area contributed by atoms with Gasteiger partial charge in [-0.05, 0) is 39.8 Å². The van der Waals surface area contributed by atoms with E-state index in [0.29, 0.717) is 13.2 Å². The summed E-state index contributed by atoms with van der Waals surface area (Å²) in [4.78, 5) is 5.70. The maximum Gasteiger partial charge on any atom is 0.142 e. The minimum atomic E-state index is 0.640. The molecule has 0 spiro atoms. The van der Waals surface area contributed by atoms with Crippen LogP contribution in [0.5, 0.6) is 11.5 Å². The van der Waals surface area contributed by atoms with Crippen LogP contribution in [-0.4, -0.2) is 18.2 Å². The first-order valence-electron chi connectivity index (χ1n) is 7.20. The Balaban J connectivity index is 2.15. The number of hydrogen-bond acceptors (Lipinski definition) is 5. The molecule has 21 heavy (non-hydrogen) atoms. The number of ether oxygens (including phenoxy) is 2. The number of thiazole rings is 1. The number of nitrogens with one attached hydrogen (secondary N) is 1. The average molecular weight is 306 g/mol. The van der Waals surface area contributed by atoms with E-state index in [2.05, 4.69) is 10.3 Å². The van der Waals surface area contributed by atoms with Crippen molar-refractivity contribution in [1.82, 2.24) is 4.98 Å². The van der Waals surface area contributed by atoms with Crippen molar-refractivity contribution in [2.45, 2.75) is 34.2 Å². The molecule has 0 bridgehead atoms. The molecule has 1 aromatic carbocycles. The number of hydrogen-bond donors (Lipinski definition) is 1. The van der Waals surface area contributed by atoms with Gasteiger partial charge < -0.3 is 14.8 Å². The van der Waals surface area contributed by atoms with Crippen molar-refractivity contribution >= 4 is 17.0 Å². The van der Waals surface area contributed by atoms with Crippen molar-refractivity contribution < 1.29 is 9.47 Å². The Morgan fingerprint density at radius 2 is 1.90 bits per heavy atom. The Labute approximate surface area is 130 Å². The van der Waals surface area contributed by atoms with Gasteiger partial charge in [-0.2, -0.15) is 0 Å². The van der Waals surface area contributed by atoms with Gasteiger partial charge in [0, 0.05) is 10.9 Å². The normalized spacial score (nSPS) is 10.5. The van der Waals surface area contributed by atoms with Crippen LogP contribution < -0.4 is 14.8 Å². The van der Waals surface area contributed by atoms with E-state index in [9.17, 15) is 0 Å². The van der Waals surface area contributed by atoms with Crippen molar-refractivity contribution in [1.29, 1.82) is 0 Å². The van der Waals surface area contributed by atoms with Crippen LogP contribution in [0.4, 0.5) is 5.69 Å². The summed E-state index contributed by atoms with van der Waals surface area (Å²) in [5.41, 5.74) is 2.04. The Morgan fingerprint density at radius 3 is 2.52 bits per heavy atom. The minimum Gasteiger partial charge on any atom is -0.494 e. The van der Waals surface area contributed by atoms with Crippen LogP contribution in [0.1, 0.15) is 29.4 Å². The van der Waals surface area contributed by atoms with Crippen LogP contribution in [-0.2, 0) is 6.54 Å². The molecular weight excluding hydrogens is 284 g/mol. The van der Waals surface area contributed by atoms with Crippen molar-refractivity contribution in [3.63, 3.8) is 0 Å². The fourth-order valence-electron chi connectivity index (χ4n) is 2.10. The summed E-state index contributed by atoms with van der Waals surface area (Å²) in [6, 6.07) is 5.86. The highest BCUT2D eigenvalue weighted by atomic mass is 32.1. The van der Waals surface area contributed by atoms with E-state index >= 15 is 0 Å². The lowest BCUT2D eigenvalue weighted by Crippen LogP contribution is -2.03. The summed E-state index contributed by atoms with van der Waals surface area (Å²) in [6.45, 7) is 10.1. The number of anilines is 1. The molecule has 0 radical (unpaired) electrons. The lowest BCUT2D eigenvalue weighted by atomic mass is 10.2. The summed E-state index contributed by atoms with van der Waals surface area (Å²) in [6.07, 6.45) is 0. The van der Waals surface area contributed by atoms with E-state index in [0.717, 1.165) is 34.4 Å². The van der Waals surface area contributed by atoms with E-state index in [1.54, 1.807) is 11.3 Å².